The standard InChI is InChI=1S/C11H15N3O3/c1-13-6-12-5-8(13)10-7(11(16)17)3-4-9(15)14(10)2/h5-7,10H,3-4H2,1-2H3,(H,16,17). The van der Waals surface area contributed by atoms with E-state index in [1.165, 1.54) is 4.90 Å². The molecule has 1 aromatic heterocycles. The number of aryl methyl sites for hydroxylation is 1. The van der Waals surface area contributed by atoms with Gasteiger partial charge in [0.2, 0.25) is 5.91 Å². The SMILES string of the molecule is CN1C(=O)CCC(C(=O)O)C1c1cncn1C. The number of nitrogens with zero attached hydrogens (tertiary/aromatic N) is 3. The molecule has 0 aliphatic carbocycles. The van der Waals surface area contributed by atoms with Gasteiger partial charge in [-0.15, -0.1) is 0 Å². The van der Waals surface area contributed by atoms with E-state index in [0.717, 1.165) is 5.69 Å². The summed E-state index contributed by atoms with van der Waals surface area (Å²) in [6.45, 7) is 0. The largest absolute Gasteiger partial charge is 0.481 e. The van der Waals surface area contributed by atoms with Crippen molar-refractivity contribution in [2.45, 2.75) is 18.9 Å². The van der Waals surface area contributed by atoms with E-state index in [1.807, 2.05) is 0 Å². The van der Waals surface area contributed by atoms with E-state index in [2.05, 4.69) is 4.98 Å². The molecular formula is C11H15N3O3. The zero-order chi connectivity index (χ0) is 12.6. The summed E-state index contributed by atoms with van der Waals surface area (Å²) in [6.07, 6.45) is 3.91. The van der Waals surface area contributed by atoms with E-state index >= 15 is 0 Å². The second-order valence-electron chi connectivity index (χ2n) is 4.36. The summed E-state index contributed by atoms with van der Waals surface area (Å²) >= 11 is 0. The fraction of sp³-hybridized carbons (Fsp3) is 0.545. The minimum Gasteiger partial charge on any atom is -0.481 e. The highest BCUT2D eigenvalue weighted by atomic mass is 16.4. The lowest BCUT2D eigenvalue weighted by molar-refractivity contribution is -0.151. The van der Waals surface area contributed by atoms with E-state index < -0.39 is 17.9 Å². The number of likely N-dealkylation sites (tertiary alicyclic amines) is 1. The Kier molecular flexibility index (Phi) is 2.87. The van der Waals surface area contributed by atoms with Crippen LogP contribution in [0.2, 0.25) is 0 Å². The third kappa shape index (κ3) is 1.90. The summed E-state index contributed by atoms with van der Waals surface area (Å²) in [5.41, 5.74) is 0.757. The molecule has 0 radical (unpaired) electrons. The molecule has 6 nitrogen and oxygen atoms in total. The van der Waals surface area contributed by atoms with Crippen LogP contribution in [0, 0.1) is 5.92 Å². The van der Waals surface area contributed by atoms with Gasteiger partial charge in [0.05, 0.1) is 30.2 Å². The number of imidazole rings is 1. The van der Waals surface area contributed by atoms with Gasteiger partial charge in [-0.25, -0.2) is 4.98 Å². The van der Waals surface area contributed by atoms with Gasteiger partial charge < -0.3 is 14.6 Å². The number of hydrogen-bond acceptors (Lipinski definition) is 3. The third-order valence-corrected chi connectivity index (χ3v) is 3.34. The molecule has 0 saturated carbocycles. The molecule has 1 amide bonds. The second kappa shape index (κ2) is 4.20. The average Bonchev–Trinajstić information content (AvgIpc) is 2.68. The van der Waals surface area contributed by atoms with Crippen molar-refractivity contribution in [3.05, 3.63) is 18.2 Å². The first-order valence-corrected chi connectivity index (χ1v) is 5.47. The quantitative estimate of drug-likeness (QED) is 0.808. The molecule has 2 heterocycles. The summed E-state index contributed by atoms with van der Waals surface area (Å²) in [6, 6.07) is -0.429. The fourth-order valence-electron chi connectivity index (χ4n) is 2.35. The number of carboxylic acid groups (broad SMARTS) is 1. The number of carboxylic acids is 1. The highest BCUT2D eigenvalue weighted by molar-refractivity contribution is 5.81. The lowest BCUT2D eigenvalue weighted by Gasteiger charge is -2.36. The number of amides is 1. The van der Waals surface area contributed by atoms with Gasteiger partial charge in [0, 0.05) is 20.5 Å². The molecule has 2 atom stereocenters. The maximum Gasteiger partial charge on any atom is 0.309 e. The molecule has 2 rings (SSSR count). The normalized spacial score (nSPS) is 25.1. The minimum atomic E-state index is -0.865. The first-order chi connectivity index (χ1) is 8.02. The van der Waals surface area contributed by atoms with Crippen LogP contribution in [0.25, 0.3) is 0 Å². The van der Waals surface area contributed by atoms with E-state index in [1.54, 1.807) is 31.2 Å². The van der Waals surface area contributed by atoms with Crippen LogP contribution in [0.3, 0.4) is 0 Å². The molecule has 0 spiro atoms. The zero-order valence-corrected chi connectivity index (χ0v) is 9.83. The first-order valence-electron chi connectivity index (χ1n) is 5.47. The summed E-state index contributed by atoms with van der Waals surface area (Å²) in [5.74, 6) is -1.45. The number of carbonyl (C=O) groups is 2. The van der Waals surface area contributed by atoms with Crippen LogP contribution < -0.4 is 0 Å². The number of rotatable bonds is 2. The molecule has 0 bridgehead atoms. The molecule has 1 fully saturated rings. The summed E-state index contributed by atoms with van der Waals surface area (Å²) in [5, 5.41) is 9.23. The van der Waals surface area contributed by atoms with Crippen molar-refractivity contribution < 1.29 is 14.7 Å². The van der Waals surface area contributed by atoms with Gasteiger partial charge in [0.15, 0.2) is 0 Å². The Hall–Kier alpha value is -1.85. The molecule has 1 aromatic rings. The van der Waals surface area contributed by atoms with Crippen molar-refractivity contribution in [1.29, 1.82) is 0 Å². The third-order valence-electron chi connectivity index (χ3n) is 3.34. The Bertz CT molecular complexity index is 455. The van der Waals surface area contributed by atoms with Gasteiger partial charge in [-0.2, -0.15) is 0 Å². The molecule has 17 heavy (non-hydrogen) atoms. The van der Waals surface area contributed by atoms with Gasteiger partial charge in [0.1, 0.15) is 0 Å². The predicted octanol–water partition coefficient (Wildman–Crippen LogP) is 0.414. The van der Waals surface area contributed by atoms with Crippen molar-refractivity contribution in [2.24, 2.45) is 13.0 Å². The van der Waals surface area contributed by atoms with E-state index in [4.69, 9.17) is 0 Å². The highest BCUT2D eigenvalue weighted by Crippen LogP contribution is 2.35. The van der Waals surface area contributed by atoms with Crippen molar-refractivity contribution in [2.75, 3.05) is 7.05 Å². The Morgan fingerprint density at radius 3 is 2.76 bits per heavy atom. The smallest absolute Gasteiger partial charge is 0.309 e. The predicted molar refractivity (Wildman–Crippen MR) is 59.1 cm³/mol. The monoisotopic (exact) mass is 237 g/mol. The molecule has 0 aromatic carbocycles. The molecule has 2 unspecified atom stereocenters. The number of carbonyl (C=O) groups excluding carboxylic acids is 1. The Balaban J connectivity index is 2.40. The average molecular weight is 237 g/mol. The molecule has 6 heteroatoms. The Labute approximate surface area is 98.9 Å². The van der Waals surface area contributed by atoms with Crippen LogP contribution in [0.4, 0.5) is 0 Å². The van der Waals surface area contributed by atoms with Crippen LogP contribution in [0.5, 0.6) is 0 Å². The maximum absolute atomic E-state index is 11.7. The van der Waals surface area contributed by atoms with Crippen molar-refractivity contribution in [3.63, 3.8) is 0 Å². The molecule has 1 aliphatic rings. The van der Waals surface area contributed by atoms with Crippen LogP contribution in [-0.4, -0.2) is 38.5 Å². The highest BCUT2D eigenvalue weighted by Gasteiger charge is 2.40. The Morgan fingerprint density at radius 2 is 2.24 bits per heavy atom. The lowest BCUT2D eigenvalue weighted by Crippen LogP contribution is -2.43. The maximum atomic E-state index is 11.7. The second-order valence-corrected chi connectivity index (χ2v) is 4.36. The van der Waals surface area contributed by atoms with Crippen LogP contribution in [0.15, 0.2) is 12.5 Å². The van der Waals surface area contributed by atoms with E-state index in [-0.39, 0.29) is 5.91 Å². The molecule has 1 N–H and O–H groups in total. The molecule has 1 aliphatic heterocycles. The molecular weight excluding hydrogens is 222 g/mol. The van der Waals surface area contributed by atoms with Crippen molar-refractivity contribution in [3.8, 4) is 0 Å². The summed E-state index contributed by atoms with van der Waals surface area (Å²) < 4.78 is 1.76. The van der Waals surface area contributed by atoms with Crippen LogP contribution in [0.1, 0.15) is 24.6 Å². The van der Waals surface area contributed by atoms with Crippen molar-refractivity contribution >= 4 is 11.9 Å². The number of hydrogen-bond donors (Lipinski definition) is 1. The fourth-order valence-corrected chi connectivity index (χ4v) is 2.35. The van der Waals surface area contributed by atoms with Crippen LogP contribution in [-0.2, 0) is 16.6 Å². The number of piperidine rings is 1. The van der Waals surface area contributed by atoms with Crippen LogP contribution >= 0.6 is 0 Å². The molecule has 1 saturated heterocycles. The topological polar surface area (TPSA) is 75.4 Å². The van der Waals surface area contributed by atoms with Crippen molar-refractivity contribution in [1.82, 2.24) is 14.5 Å². The van der Waals surface area contributed by atoms with Gasteiger partial charge in [0.25, 0.3) is 0 Å². The van der Waals surface area contributed by atoms with Gasteiger partial charge in [-0.3, -0.25) is 9.59 Å². The lowest BCUT2D eigenvalue weighted by atomic mass is 9.87. The van der Waals surface area contributed by atoms with Gasteiger partial charge >= 0.3 is 5.97 Å². The van der Waals surface area contributed by atoms with Gasteiger partial charge in [-0.1, -0.05) is 0 Å². The summed E-state index contributed by atoms with van der Waals surface area (Å²) in [7, 11) is 3.45. The van der Waals surface area contributed by atoms with E-state index in [9.17, 15) is 14.7 Å². The Morgan fingerprint density at radius 1 is 1.53 bits per heavy atom. The summed E-state index contributed by atoms with van der Waals surface area (Å²) in [4.78, 5) is 28.4. The minimum absolute atomic E-state index is 0.0197. The molecule has 92 valence electrons. The van der Waals surface area contributed by atoms with Gasteiger partial charge in [-0.05, 0) is 6.42 Å². The number of aliphatic carboxylic acids is 1. The first kappa shape index (κ1) is 11.6. The van der Waals surface area contributed by atoms with E-state index in [0.29, 0.717) is 12.8 Å². The zero-order valence-electron chi connectivity index (χ0n) is 9.83. The number of aromatic nitrogens is 2.